The van der Waals surface area contributed by atoms with E-state index in [2.05, 4.69) is 43.1 Å². The van der Waals surface area contributed by atoms with Crippen LogP contribution in [0.3, 0.4) is 0 Å². The van der Waals surface area contributed by atoms with Crippen molar-refractivity contribution in [1.29, 1.82) is 0 Å². The summed E-state index contributed by atoms with van der Waals surface area (Å²) in [5.74, 6) is 1.76. The summed E-state index contributed by atoms with van der Waals surface area (Å²) in [6, 6.07) is 8.03. The number of anilines is 2. The van der Waals surface area contributed by atoms with E-state index in [4.69, 9.17) is 9.47 Å². The van der Waals surface area contributed by atoms with Gasteiger partial charge >= 0.3 is 0 Å². The average Bonchev–Trinajstić information content (AvgIpc) is 2.67. The van der Waals surface area contributed by atoms with Crippen molar-refractivity contribution in [3.63, 3.8) is 0 Å². The lowest BCUT2D eigenvalue weighted by atomic mass is 9.75. The lowest BCUT2D eigenvalue weighted by Crippen LogP contribution is -2.36. The van der Waals surface area contributed by atoms with Crippen LogP contribution < -0.4 is 10.2 Å². The first-order chi connectivity index (χ1) is 13.0. The monoisotopic (exact) mass is 374 g/mol. The average molecular weight is 375 g/mol. The van der Waals surface area contributed by atoms with Crippen LogP contribution in [0.15, 0.2) is 24.3 Å². The largest absolute Gasteiger partial charge is 0.378 e. The summed E-state index contributed by atoms with van der Waals surface area (Å²) in [7, 11) is 0. The lowest BCUT2D eigenvalue weighted by Gasteiger charge is -2.37. The number of nitrogens with one attached hydrogen (secondary N) is 1. The maximum absolute atomic E-state index is 12.3. The molecule has 1 N–H and O–H groups in total. The van der Waals surface area contributed by atoms with E-state index in [0.29, 0.717) is 17.8 Å². The molecule has 1 aromatic carbocycles. The van der Waals surface area contributed by atoms with Gasteiger partial charge in [-0.3, -0.25) is 4.79 Å². The molecule has 0 bridgehead atoms. The second-order valence-corrected chi connectivity index (χ2v) is 8.37. The van der Waals surface area contributed by atoms with Gasteiger partial charge in [-0.2, -0.15) is 0 Å². The van der Waals surface area contributed by atoms with Crippen LogP contribution in [0.4, 0.5) is 11.4 Å². The van der Waals surface area contributed by atoms with Crippen molar-refractivity contribution in [3.8, 4) is 0 Å². The summed E-state index contributed by atoms with van der Waals surface area (Å²) < 4.78 is 11.4. The first-order valence-corrected chi connectivity index (χ1v) is 10.4. The molecule has 1 heterocycles. The van der Waals surface area contributed by atoms with Crippen LogP contribution in [0.1, 0.15) is 40.0 Å². The molecule has 5 nitrogen and oxygen atoms in total. The fourth-order valence-corrected chi connectivity index (χ4v) is 4.26. The zero-order valence-electron chi connectivity index (χ0n) is 16.9. The van der Waals surface area contributed by atoms with Gasteiger partial charge in [-0.25, -0.2) is 0 Å². The van der Waals surface area contributed by atoms with Gasteiger partial charge in [0.05, 0.1) is 19.3 Å². The van der Waals surface area contributed by atoms with E-state index in [1.807, 2.05) is 12.1 Å². The maximum atomic E-state index is 12.3. The molecule has 1 amide bonds. The minimum absolute atomic E-state index is 0.0742. The molecule has 1 aliphatic heterocycles. The summed E-state index contributed by atoms with van der Waals surface area (Å²) in [4.78, 5) is 14.6. The van der Waals surface area contributed by atoms with Crippen molar-refractivity contribution in [2.75, 3.05) is 43.1 Å². The normalized spacial score (nSPS) is 26.2. The molecule has 2 aliphatic rings. The smallest absolute Gasteiger partial charge is 0.250 e. The second kappa shape index (κ2) is 9.56. The van der Waals surface area contributed by atoms with Gasteiger partial charge in [0.15, 0.2) is 0 Å². The van der Waals surface area contributed by atoms with E-state index in [0.717, 1.165) is 38.4 Å². The Labute approximate surface area is 163 Å². The molecule has 1 aromatic rings. The van der Waals surface area contributed by atoms with E-state index in [1.54, 1.807) is 0 Å². The van der Waals surface area contributed by atoms with E-state index < -0.39 is 0 Å². The Bertz CT molecular complexity index is 596. The third-order valence-corrected chi connectivity index (χ3v) is 5.92. The third-order valence-electron chi connectivity index (χ3n) is 5.92. The fraction of sp³-hybridized carbons (Fsp3) is 0.682. The molecule has 0 aromatic heterocycles. The van der Waals surface area contributed by atoms with Gasteiger partial charge in [0.25, 0.3) is 0 Å². The third kappa shape index (κ3) is 5.69. The summed E-state index contributed by atoms with van der Waals surface area (Å²) in [6.07, 6.45) is 3.73. The van der Waals surface area contributed by atoms with Crippen LogP contribution in [-0.4, -0.2) is 44.9 Å². The van der Waals surface area contributed by atoms with Crippen molar-refractivity contribution in [2.24, 2.45) is 17.8 Å². The lowest BCUT2D eigenvalue weighted by molar-refractivity contribution is -0.126. The summed E-state index contributed by atoms with van der Waals surface area (Å²) in [5, 5.41) is 2.96. The van der Waals surface area contributed by atoms with Gasteiger partial charge in [-0.15, -0.1) is 0 Å². The number of rotatable bonds is 6. The molecule has 0 unspecified atom stereocenters. The molecule has 3 rings (SSSR count). The molecular formula is C22H34N2O3. The molecule has 27 heavy (non-hydrogen) atoms. The number of morpholine rings is 1. The minimum atomic E-state index is -0.0742. The standard InChI is InChI=1S/C22H34N2O3/c1-16(2)20-9-4-17(3)14-21(20)27-15-22(25)23-18-5-7-19(8-6-18)24-10-12-26-13-11-24/h5-8,16-17,20-21H,4,9-15H2,1-3H3,(H,23,25)/t17-,20+,21-/m1/s1. The van der Waals surface area contributed by atoms with E-state index in [-0.39, 0.29) is 18.6 Å². The molecule has 150 valence electrons. The predicted molar refractivity (Wildman–Crippen MR) is 109 cm³/mol. The van der Waals surface area contributed by atoms with Crippen LogP contribution in [0.25, 0.3) is 0 Å². The molecule has 1 saturated heterocycles. The predicted octanol–water partition coefficient (Wildman–Crippen LogP) is 3.94. The number of benzene rings is 1. The maximum Gasteiger partial charge on any atom is 0.250 e. The molecule has 0 radical (unpaired) electrons. The highest BCUT2D eigenvalue weighted by Crippen LogP contribution is 2.35. The van der Waals surface area contributed by atoms with Crippen LogP contribution in [-0.2, 0) is 14.3 Å². The van der Waals surface area contributed by atoms with Crippen LogP contribution in [0.5, 0.6) is 0 Å². The molecule has 2 fully saturated rings. The highest BCUT2D eigenvalue weighted by molar-refractivity contribution is 5.91. The Morgan fingerprint density at radius 3 is 2.59 bits per heavy atom. The van der Waals surface area contributed by atoms with Crippen LogP contribution in [0, 0.1) is 17.8 Å². The minimum Gasteiger partial charge on any atom is -0.378 e. The molecule has 1 aliphatic carbocycles. The van der Waals surface area contributed by atoms with Gasteiger partial charge in [0.2, 0.25) is 5.91 Å². The number of ether oxygens (including phenoxy) is 2. The number of carbonyl (C=O) groups excluding carboxylic acids is 1. The fourth-order valence-electron chi connectivity index (χ4n) is 4.26. The number of nitrogens with zero attached hydrogens (tertiary/aromatic N) is 1. The van der Waals surface area contributed by atoms with Gasteiger partial charge in [-0.1, -0.05) is 27.2 Å². The van der Waals surface area contributed by atoms with E-state index in [1.165, 1.54) is 18.5 Å². The van der Waals surface area contributed by atoms with Gasteiger partial charge in [-0.05, 0) is 54.9 Å². The first-order valence-electron chi connectivity index (χ1n) is 10.4. The number of amides is 1. The Kier molecular flexibility index (Phi) is 7.13. The molecule has 5 heteroatoms. The first kappa shape index (κ1) is 20.2. The van der Waals surface area contributed by atoms with Crippen molar-refractivity contribution in [2.45, 2.75) is 46.1 Å². The SMILES string of the molecule is CC(C)[C@@H]1CC[C@@H](C)C[C@H]1OCC(=O)Nc1ccc(N2CCOCC2)cc1. The van der Waals surface area contributed by atoms with Gasteiger partial charge < -0.3 is 19.7 Å². The Balaban J connectivity index is 1.48. The Morgan fingerprint density at radius 2 is 1.93 bits per heavy atom. The zero-order chi connectivity index (χ0) is 19.2. The van der Waals surface area contributed by atoms with E-state index >= 15 is 0 Å². The summed E-state index contributed by atoms with van der Waals surface area (Å²) in [5.41, 5.74) is 1.99. The van der Waals surface area contributed by atoms with Crippen molar-refractivity contribution in [3.05, 3.63) is 24.3 Å². The number of hydrogen-bond acceptors (Lipinski definition) is 4. The Morgan fingerprint density at radius 1 is 1.22 bits per heavy atom. The molecule has 1 saturated carbocycles. The Hall–Kier alpha value is -1.59. The second-order valence-electron chi connectivity index (χ2n) is 8.37. The van der Waals surface area contributed by atoms with Crippen LogP contribution in [0.2, 0.25) is 0 Å². The summed E-state index contributed by atoms with van der Waals surface area (Å²) >= 11 is 0. The highest BCUT2D eigenvalue weighted by Gasteiger charge is 2.31. The number of carbonyl (C=O) groups is 1. The van der Waals surface area contributed by atoms with Crippen LogP contribution >= 0.6 is 0 Å². The van der Waals surface area contributed by atoms with Crippen molar-refractivity contribution >= 4 is 17.3 Å². The summed E-state index contributed by atoms with van der Waals surface area (Å²) in [6.45, 7) is 10.3. The quantitative estimate of drug-likeness (QED) is 0.819. The number of hydrogen-bond donors (Lipinski definition) is 1. The topological polar surface area (TPSA) is 50.8 Å². The highest BCUT2D eigenvalue weighted by atomic mass is 16.5. The van der Waals surface area contributed by atoms with Gasteiger partial charge in [0.1, 0.15) is 6.61 Å². The molecule has 3 atom stereocenters. The van der Waals surface area contributed by atoms with Crippen molar-refractivity contribution < 1.29 is 14.3 Å². The van der Waals surface area contributed by atoms with E-state index in [9.17, 15) is 4.79 Å². The zero-order valence-corrected chi connectivity index (χ0v) is 16.9. The molecular weight excluding hydrogens is 340 g/mol. The molecule has 0 spiro atoms. The van der Waals surface area contributed by atoms with Gasteiger partial charge in [0, 0.05) is 24.5 Å². The van der Waals surface area contributed by atoms with Crippen molar-refractivity contribution in [1.82, 2.24) is 0 Å².